The van der Waals surface area contributed by atoms with E-state index in [9.17, 15) is 14.7 Å². The van der Waals surface area contributed by atoms with E-state index in [0.717, 1.165) is 27.6 Å². The summed E-state index contributed by atoms with van der Waals surface area (Å²) in [6, 6.07) is 23.2. The Bertz CT molecular complexity index is 1250. The van der Waals surface area contributed by atoms with Crippen molar-refractivity contribution in [3.8, 4) is 11.1 Å². The number of carbonyl (C=O) groups excluding carboxylic acids is 1. The van der Waals surface area contributed by atoms with Crippen LogP contribution in [0.15, 0.2) is 78.9 Å². The van der Waals surface area contributed by atoms with Crippen molar-refractivity contribution < 1.29 is 14.7 Å². The Hall–Kier alpha value is -4.06. The number of benzene rings is 3. The predicted octanol–water partition coefficient (Wildman–Crippen LogP) is 3.85. The number of rotatable bonds is 6. The number of fused-ring (bicyclic) bond motifs is 1. The van der Waals surface area contributed by atoms with Crippen LogP contribution in [0.25, 0.3) is 22.0 Å². The van der Waals surface area contributed by atoms with E-state index in [1.165, 1.54) is 0 Å². The molecule has 0 unspecified atom stereocenters. The van der Waals surface area contributed by atoms with Crippen molar-refractivity contribution >= 4 is 28.5 Å². The van der Waals surface area contributed by atoms with Gasteiger partial charge in [-0.1, -0.05) is 60.7 Å². The average molecular weight is 413 g/mol. The molecule has 0 spiro atoms. The van der Waals surface area contributed by atoms with Crippen molar-refractivity contribution in [2.75, 3.05) is 5.73 Å². The minimum atomic E-state index is -1.08. The zero-order valence-electron chi connectivity index (χ0n) is 17.1. The number of carboxylic acid groups (broad SMARTS) is 1. The molecule has 156 valence electrons. The van der Waals surface area contributed by atoms with Gasteiger partial charge in [0.15, 0.2) is 0 Å². The number of hydrogen-bond acceptors (Lipinski definition) is 3. The molecule has 31 heavy (non-hydrogen) atoms. The number of amides is 1. The smallest absolute Gasteiger partial charge is 0.326 e. The molecule has 0 bridgehead atoms. The van der Waals surface area contributed by atoms with E-state index in [4.69, 9.17) is 5.73 Å². The van der Waals surface area contributed by atoms with Gasteiger partial charge in [-0.2, -0.15) is 0 Å². The van der Waals surface area contributed by atoms with E-state index in [1.54, 1.807) is 17.7 Å². The molecular weight excluding hydrogens is 390 g/mol. The minimum absolute atomic E-state index is 0.194. The van der Waals surface area contributed by atoms with Crippen LogP contribution in [-0.4, -0.2) is 27.6 Å². The van der Waals surface area contributed by atoms with Crippen molar-refractivity contribution in [3.05, 3.63) is 90.1 Å². The molecule has 0 aliphatic rings. The molecule has 6 nitrogen and oxygen atoms in total. The Balaban J connectivity index is 1.78. The van der Waals surface area contributed by atoms with Crippen LogP contribution < -0.4 is 11.1 Å². The SMILES string of the molecule is Cn1c(C(=O)N[C@@H](Cc2ccccc2)C(=O)O)c(-c2ccccc2)c2cc(N)ccc21. The lowest BCUT2D eigenvalue weighted by Gasteiger charge is -2.16. The number of anilines is 1. The van der Waals surface area contributed by atoms with Gasteiger partial charge in [-0.3, -0.25) is 4.79 Å². The number of hydrogen-bond donors (Lipinski definition) is 3. The molecular formula is C25H23N3O3. The first-order valence-corrected chi connectivity index (χ1v) is 9.96. The molecule has 1 aromatic heterocycles. The molecule has 0 saturated heterocycles. The number of aryl methyl sites for hydroxylation is 1. The van der Waals surface area contributed by atoms with E-state index < -0.39 is 17.9 Å². The number of aromatic nitrogens is 1. The van der Waals surface area contributed by atoms with Crippen LogP contribution in [0.5, 0.6) is 0 Å². The van der Waals surface area contributed by atoms with Gasteiger partial charge >= 0.3 is 5.97 Å². The maximum absolute atomic E-state index is 13.4. The number of nitrogens with zero attached hydrogens (tertiary/aromatic N) is 1. The van der Waals surface area contributed by atoms with Crippen molar-refractivity contribution in [2.24, 2.45) is 7.05 Å². The van der Waals surface area contributed by atoms with Crippen LogP contribution >= 0.6 is 0 Å². The van der Waals surface area contributed by atoms with Gasteiger partial charge in [0.1, 0.15) is 11.7 Å². The fraction of sp³-hybridized carbons (Fsp3) is 0.120. The van der Waals surface area contributed by atoms with Gasteiger partial charge in [-0.15, -0.1) is 0 Å². The summed E-state index contributed by atoms with van der Waals surface area (Å²) in [5, 5.41) is 13.3. The van der Waals surface area contributed by atoms with Gasteiger partial charge in [0.25, 0.3) is 5.91 Å². The summed E-state index contributed by atoms with van der Waals surface area (Å²) >= 11 is 0. The van der Waals surface area contributed by atoms with Gasteiger partial charge in [0.05, 0.1) is 0 Å². The number of aliphatic carboxylic acids is 1. The molecule has 0 aliphatic heterocycles. The standard InChI is InChI=1S/C25H23N3O3/c1-28-21-13-12-18(26)15-19(21)22(17-10-6-3-7-11-17)23(28)24(29)27-20(25(30)31)14-16-8-4-2-5-9-16/h2-13,15,20H,14,26H2,1H3,(H,27,29)(H,30,31)/t20-/m0/s1. The molecule has 1 atom stereocenters. The van der Waals surface area contributed by atoms with Crippen LogP contribution in [0.4, 0.5) is 5.69 Å². The highest BCUT2D eigenvalue weighted by atomic mass is 16.4. The summed E-state index contributed by atoms with van der Waals surface area (Å²) in [5.41, 5.74) is 10.3. The highest BCUT2D eigenvalue weighted by molar-refractivity contribution is 6.11. The number of nitrogens with two attached hydrogens (primary N) is 1. The van der Waals surface area contributed by atoms with E-state index in [0.29, 0.717) is 11.4 Å². The lowest BCUT2D eigenvalue weighted by Crippen LogP contribution is -2.43. The molecule has 3 aromatic carbocycles. The monoisotopic (exact) mass is 413 g/mol. The van der Waals surface area contributed by atoms with Gasteiger partial charge in [0.2, 0.25) is 0 Å². The first-order valence-electron chi connectivity index (χ1n) is 9.96. The predicted molar refractivity (Wildman–Crippen MR) is 122 cm³/mol. The molecule has 1 amide bonds. The molecule has 4 N–H and O–H groups in total. The third-order valence-electron chi connectivity index (χ3n) is 5.39. The van der Waals surface area contributed by atoms with Crippen LogP contribution in [-0.2, 0) is 18.3 Å². The molecule has 1 heterocycles. The molecule has 4 aromatic rings. The maximum atomic E-state index is 13.4. The van der Waals surface area contributed by atoms with E-state index in [1.807, 2.05) is 72.8 Å². The largest absolute Gasteiger partial charge is 0.480 e. The third-order valence-corrected chi connectivity index (χ3v) is 5.39. The molecule has 4 rings (SSSR count). The van der Waals surface area contributed by atoms with Gasteiger partial charge in [-0.25, -0.2) is 4.79 Å². The number of carbonyl (C=O) groups is 2. The second-order valence-corrected chi connectivity index (χ2v) is 7.48. The third kappa shape index (κ3) is 4.00. The van der Waals surface area contributed by atoms with Crippen molar-refractivity contribution in [3.63, 3.8) is 0 Å². The number of nitrogen functional groups attached to an aromatic ring is 1. The quantitative estimate of drug-likeness (QED) is 0.418. The second-order valence-electron chi connectivity index (χ2n) is 7.48. The van der Waals surface area contributed by atoms with E-state index >= 15 is 0 Å². The summed E-state index contributed by atoms with van der Waals surface area (Å²) in [6.45, 7) is 0. The molecule has 0 radical (unpaired) electrons. The number of carboxylic acids is 1. The fourth-order valence-electron chi connectivity index (χ4n) is 3.90. The van der Waals surface area contributed by atoms with Gasteiger partial charge in [0, 0.05) is 35.6 Å². The first kappa shape index (κ1) is 20.2. The number of nitrogens with one attached hydrogen (secondary N) is 1. The van der Waals surface area contributed by atoms with E-state index in [2.05, 4.69) is 5.32 Å². The zero-order chi connectivity index (χ0) is 22.0. The lowest BCUT2D eigenvalue weighted by atomic mass is 10.0. The van der Waals surface area contributed by atoms with Crippen LogP contribution in [0.1, 0.15) is 16.1 Å². The Labute approximate surface area is 179 Å². The summed E-state index contributed by atoms with van der Waals surface area (Å²) in [5.74, 6) is -1.53. The normalized spacial score (nSPS) is 11.9. The summed E-state index contributed by atoms with van der Waals surface area (Å²) in [6.07, 6.45) is 0.194. The molecule has 0 aliphatic carbocycles. The highest BCUT2D eigenvalue weighted by Gasteiger charge is 2.27. The minimum Gasteiger partial charge on any atom is -0.480 e. The zero-order valence-corrected chi connectivity index (χ0v) is 17.1. The maximum Gasteiger partial charge on any atom is 0.326 e. The van der Waals surface area contributed by atoms with Crippen LogP contribution in [0.2, 0.25) is 0 Å². The molecule has 6 heteroatoms. The summed E-state index contributed by atoms with van der Waals surface area (Å²) in [7, 11) is 1.80. The van der Waals surface area contributed by atoms with Crippen molar-refractivity contribution in [1.82, 2.24) is 9.88 Å². The van der Waals surface area contributed by atoms with E-state index in [-0.39, 0.29) is 6.42 Å². The Morgan fingerprint density at radius 3 is 2.29 bits per heavy atom. The summed E-state index contributed by atoms with van der Waals surface area (Å²) in [4.78, 5) is 25.3. The Kier molecular flexibility index (Phi) is 5.45. The topological polar surface area (TPSA) is 97.3 Å². The first-order chi connectivity index (χ1) is 15.0. The van der Waals surface area contributed by atoms with Crippen LogP contribution in [0.3, 0.4) is 0 Å². The van der Waals surface area contributed by atoms with Gasteiger partial charge in [-0.05, 0) is 29.3 Å². The Morgan fingerprint density at radius 2 is 1.65 bits per heavy atom. The molecule has 0 saturated carbocycles. The highest BCUT2D eigenvalue weighted by Crippen LogP contribution is 2.35. The van der Waals surface area contributed by atoms with Crippen molar-refractivity contribution in [1.29, 1.82) is 0 Å². The molecule has 0 fully saturated rings. The summed E-state index contributed by atoms with van der Waals surface area (Å²) < 4.78 is 1.79. The average Bonchev–Trinajstić information content (AvgIpc) is 3.06. The second kappa shape index (κ2) is 8.36. The Morgan fingerprint density at radius 1 is 1.00 bits per heavy atom. The lowest BCUT2D eigenvalue weighted by molar-refractivity contribution is -0.139. The van der Waals surface area contributed by atoms with Crippen LogP contribution in [0, 0.1) is 0 Å². The van der Waals surface area contributed by atoms with Gasteiger partial charge < -0.3 is 20.7 Å². The fourth-order valence-corrected chi connectivity index (χ4v) is 3.90. The van der Waals surface area contributed by atoms with Crippen molar-refractivity contribution in [2.45, 2.75) is 12.5 Å².